The van der Waals surface area contributed by atoms with Crippen molar-refractivity contribution in [2.75, 3.05) is 11.5 Å². The number of aromatic nitrogens is 2. The number of hydrogen-bond donors (Lipinski definition) is 1. The lowest BCUT2D eigenvalue weighted by molar-refractivity contribution is -0.143. The van der Waals surface area contributed by atoms with E-state index in [1.54, 1.807) is 4.68 Å². The van der Waals surface area contributed by atoms with E-state index in [0.717, 1.165) is 11.4 Å². The molecule has 0 radical (unpaired) electrons. The lowest BCUT2D eigenvalue weighted by atomic mass is 9.88. The summed E-state index contributed by atoms with van der Waals surface area (Å²) in [5.41, 5.74) is 1.71. The molecule has 0 amide bonds. The van der Waals surface area contributed by atoms with Gasteiger partial charge in [0.1, 0.15) is 0 Å². The molecule has 1 aromatic heterocycles. The summed E-state index contributed by atoms with van der Waals surface area (Å²) in [7, 11) is -3.06. The number of sulfone groups is 1. The molecule has 0 aliphatic carbocycles. The summed E-state index contributed by atoms with van der Waals surface area (Å²) in [6, 6.07) is 1.88. The van der Waals surface area contributed by atoms with Crippen LogP contribution in [0.1, 0.15) is 24.7 Å². The molecule has 2 heterocycles. The van der Waals surface area contributed by atoms with Gasteiger partial charge >= 0.3 is 5.97 Å². The number of rotatable bonds is 5. The second-order valence-corrected chi connectivity index (χ2v) is 7.63. The Balaban J connectivity index is 2.20. The van der Waals surface area contributed by atoms with Gasteiger partial charge in [0.25, 0.3) is 0 Å². The SMILES string of the molecule is CCn1nc(C)cc1CC(C(=O)O)C1CCS(=O)(=O)C1. The van der Waals surface area contributed by atoms with Crippen LogP contribution in [0.4, 0.5) is 0 Å². The minimum atomic E-state index is -3.06. The van der Waals surface area contributed by atoms with E-state index in [4.69, 9.17) is 0 Å². The first kappa shape index (κ1) is 15.0. The molecule has 0 aromatic carbocycles. The Hall–Kier alpha value is -1.37. The van der Waals surface area contributed by atoms with E-state index >= 15 is 0 Å². The van der Waals surface area contributed by atoms with Gasteiger partial charge in [0.15, 0.2) is 9.84 Å². The zero-order chi connectivity index (χ0) is 14.9. The Morgan fingerprint density at radius 1 is 1.60 bits per heavy atom. The summed E-state index contributed by atoms with van der Waals surface area (Å²) < 4.78 is 24.9. The molecule has 1 N–H and O–H groups in total. The molecule has 2 unspecified atom stereocenters. The van der Waals surface area contributed by atoms with E-state index in [1.807, 2.05) is 19.9 Å². The summed E-state index contributed by atoms with van der Waals surface area (Å²) in [4.78, 5) is 11.5. The number of aliphatic carboxylic acids is 1. The Morgan fingerprint density at radius 3 is 2.80 bits per heavy atom. The maximum Gasteiger partial charge on any atom is 0.307 e. The van der Waals surface area contributed by atoms with Gasteiger partial charge in [0.2, 0.25) is 0 Å². The van der Waals surface area contributed by atoms with Crippen molar-refractivity contribution in [1.82, 2.24) is 9.78 Å². The van der Waals surface area contributed by atoms with E-state index in [0.29, 0.717) is 19.4 Å². The molecule has 1 aliphatic heterocycles. The Labute approximate surface area is 118 Å². The number of hydrogen-bond acceptors (Lipinski definition) is 4. The maximum absolute atomic E-state index is 11.5. The van der Waals surface area contributed by atoms with Gasteiger partial charge in [-0.2, -0.15) is 5.10 Å². The summed E-state index contributed by atoms with van der Waals surface area (Å²) >= 11 is 0. The van der Waals surface area contributed by atoms with Crippen molar-refractivity contribution in [2.24, 2.45) is 11.8 Å². The van der Waals surface area contributed by atoms with Crippen LogP contribution in [0, 0.1) is 18.8 Å². The van der Waals surface area contributed by atoms with Crippen molar-refractivity contribution in [1.29, 1.82) is 0 Å². The largest absolute Gasteiger partial charge is 0.481 e. The van der Waals surface area contributed by atoms with Gasteiger partial charge in [-0.15, -0.1) is 0 Å². The number of carbonyl (C=O) groups is 1. The molecule has 2 atom stereocenters. The van der Waals surface area contributed by atoms with Crippen LogP contribution in [0.15, 0.2) is 6.07 Å². The lowest BCUT2D eigenvalue weighted by Crippen LogP contribution is -2.27. The van der Waals surface area contributed by atoms with E-state index in [-0.39, 0.29) is 17.4 Å². The molecule has 6 nitrogen and oxygen atoms in total. The summed E-state index contributed by atoms with van der Waals surface area (Å²) in [6.07, 6.45) is 0.781. The Morgan fingerprint density at radius 2 is 2.30 bits per heavy atom. The van der Waals surface area contributed by atoms with Crippen molar-refractivity contribution in [2.45, 2.75) is 33.2 Å². The third kappa shape index (κ3) is 3.20. The fourth-order valence-corrected chi connectivity index (χ4v) is 4.74. The van der Waals surface area contributed by atoms with Crippen LogP contribution in [-0.4, -0.2) is 40.8 Å². The number of carboxylic acid groups (broad SMARTS) is 1. The van der Waals surface area contributed by atoms with Crippen molar-refractivity contribution < 1.29 is 18.3 Å². The zero-order valence-corrected chi connectivity index (χ0v) is 12.6. The molecular weight excluding hydrogens is 280 g/mol. The molecule has 0 spiro atoms. The quantitative estimate of drug-likeness (QED) is 0.872. The van der Waals surface area contributed by atoms with Crippen molar-refractivity contribution >= 4 is 15.8 Å². The molecule has 1 fully saturated rings. The predicted octanol–water partition coefficient (Wildman–Crippen LogP) is 0.889. The van der Waals surface area contributed by atoms with Crippen LogP contribution in [-0.2, 0) is 27.6 Å². The van der Waals surface area contributed by atoms with Crippen LogP contribution in [0.3, 0.4) is 0 Å². The second kappa shape index (κ2) is 5.55. The summed E-state index contributed by atoms with van der Waals surface area (Å²) in [5.74, 6) is -1.78. The molecule has 1 aliphatic rings. The van der Waals surface area contributed by atoms with Gasteiger partial charge in [0.05, 0.1) is 23.1 Å². The standard InChI is InChI=1S/C13H20N2O4S/c1-3-15-11(6-9(2)14-15)7-12(13(16)17)10-4-5-20(18,19)8-10/h6,10,12H,3-5,7-8H2,1-2H3,(H,16,17). The Bertz CT molecular complexity index is 606. The van der Waals surface area contributed by atoms with Gasteiger partial charge in [-0.05, 0) is 32.3 Å². The monoisotopic (exact) mass is 300 g/mol. The molecule has 7 heteroatoms. The highest BCUT2D eigenvalue weighted by atomic mass is 32.2. The van der Waals surface area contributed by atoms with Crippen LogP contribution >= 0.6 is 0 Å². The maximum atomic E-state index is 11.5. The molecule has 20 heavy (non-hydrogen) atoms. The lowest BCUT2D eigenvalue weighted by Gasteiger charge is -2.18. The predicted molar refractivity (Wildman–Crippen MR) is 74.2 cm³/mol. The highest BCUT2D eigenvalue weighted by Crippen LogP contribution is 2.29. The third-order valence-electron chi connectivity index (χ3n) is 3.87. The average molecular weight is 300 g/mol. The van der Waals surface area contributed by atoms with Gasteiger partial charge < -0.3 is 5.11 Å². The van der Waals surface area contributed by atoms with E-state index in [9.17, 15) is 18.3 Å². The molecule has 1 saturated heterocycles. The van der Waals surface area contributed by atoms with Crippen LogP contribution in [0.25, 0.3) is 0 Å². The van der Waals surface area contributed by atoms with Crippen molar-refractivity contribution in [3.63, 3.8) is 0 Å². The average Bonchev–Trinajstić information content (AvgIpc) is 2.88. The van der Waals surface area contributed by atoms with Gasteiger partial charge in [-0.1, -0.05) is 0 Å². The summed E-state index contributed by atoms with van der Waals surface area (Å²) in [6.45, 7) is 4.50. The second-order valence-electron chi connectivity index (χ2n) is 5.40. The van der Waals surface area contributed by atoms with Crippen molar-refractivity contribution in [3.05, 3.63) is 17.5 Å². The molecule has 112 valence electrons. The highest BCUT2D eigenvalue weighted by molar-refractivity contribution is 7.91. The smallest absolute Gasteiger partial charge is 0.307 e. The van der Waals surface area contributed by atoms with Gasteiger partial charge in [-0.3, -0.25) is 9.48 Å². The van der Waals surface area contributed by atoms with Gasteiger partial charge in [0, 0.05) is 18.7 Å². The Kier molecular flexibility index (Phi) is 4.17. The first-order valence-electron chi connectivity index (χ1n) is 6.79. The van der Waals surface area contributed by atoms with Crippen molar-refractivity contribution in [3.8, 4) is 0 Å². The highest BCUT2D eigenvalue weighted by Gasteiger charge is 2.37. The molecule has 0 bridgehead atoms. The third-order valence-corrected chi connectivity index (χ3v) is 5.66. The first-order valence-corrected chi connectivity index (χ1v) is 8.61. The number of nitrogens with zero attached hydrogens (tertiary/aromatic N) is 2. The van der Waals surface area contributed by atoms with E-state index in [2.05, 4.69) is 5.10 Å². The van der Waals surface area contributed by atoms with E-state index in [1.165, 1.54) is 0 Å². The van der Waals surface area contributed by atoms with Crippen LogP contribution < -0.4 is 0 Å². The van der Waals surface area contributed by atoms with Gasteiger partial charge in [-0.25, -0.2) is 8.42 Å². The fourth-order valence-electron chi connectivity index (χ4n) is 2.86. The zero-order valence-electron chi connectivity index (χ0n) is 11.7. The fraction of sp³-hybridized carbons (Fsp3) is 0.692. The topological polar surface area (TPSA) is 89.3 Å². The minimum Gasteiger partial charge on any atom is -0.481 e. The normalized spacial score (nSPS) is 22.8. The molecule has 1 aromatic rings. The molecule has 0 saturated carbocycles. The summed E-state index contributed by atoms with van der Waals surface area (Å²) in [5, 5.41) is 13.7. The number of carboxylic acids is 1. The van der Waals surface area contributed by atoms with Crippen LogP contribution in [0.5, 0.6) is 0 Å². The van der Waals surface area contributed by atoms with E-state index < -0.39 is 21.7 Å². The first-order chi connectivity index (χ1) is 9.32. The number of aryl methyl sites for hydroxylation is 2. The molecule has 2 rings (SSSR count). The van der Waals surface area contributed by atoms with Crippen LogP contribution in [0.2, 0.25) is 0 Å². The molecular formula is C13H20N2O4S. The minimum absolute atomic E-state index is 0.0107.